The highest BCUT2D eigenvalue weighted by Gasteiger charge is 2.35. The predicted molar refractivity (Wildman–Crippen MR) is 50.0 cm³/mol. The molecule has 0 bridgehead atoms. The van der Waals surface area contributed by atoms with Gasteiger partial charge in [0.2, 0.25) is 11.9 Å². The first-order valence-corrected chi connectivity index (χ1v) is 4.76. The molecule has 92 valence electrons. The molecule has 1 fully saturated rings. The van der Waals surface area contributed by atoms with E-state index >= 15 is 0 Å². The van der Waals surface area contributed by atoms with E-state index in [9.17, 15) is 23.1 Å². The van der Waals surface area contributed by atoms with Crippen LogP contribution in [0.1, 0.15) is 12.1 Å². The highest BCUT2D eigenvalue weighted by Crippen LogP contribution is 2.28. The van der Waals surface area contributed by atoms with Crippen LogP contribution in [0.15, 0.2) is 12.3 Å². The molecule has 1 aromatic rings. The third-order valence-corrected chi connectivity index (χ3v) is 2.28. The van der Waals surface area contributed by atoms with Crippen LogP contribution in [0.2, 0.25) is 0 Å². The minimum Gasteiger partial charge on any atom is -0.391 e. The van der Waals surface area contributed by atoms with Crippen LogP contribution in [0.4, 0.5) is 19.1 Å². The summed E-state index contributed by atoms with van der Waals surface area (Å²) in [5.41, 5.74) is -1.11. The van der Waals surface area contributed by atoms with Gasteiger partial charge in [-0.15, -0.1) is 0 Å². The summed E-state index contributed by atoms with van der Waals surface area (Å²) in [7, 11) is 0. The monoisotopic (exact) mass is 247 g/mol. The maximum atomic E-state index is 12.4. The Bertz CT molecular complexity index is 449. The third-order valence-electron chi connectivity index (χ3n) is 2.28. The minimum atomic E-state index is -4.58. The number of hydrogen-bond donors (Lipinski definition) is 1. The van der Waals surface area contributed by atoms with Gasteiger partial charge in [0.1, 0.15) is 5.69 Å². The van der Waals surface area contributed by atoms with E-state index in [2.05, 4.69) is 9.97 Å². The van der Waals surface area contributed by atoms with Gasteiger partial charge in [0, 0.05) is 6.20 Å². The van der Waals surface area contributed by atoms with E-state index < -0.39 is 23.9 Å². The summed E-state index contributed by atoms with van der Waals surface area (Å²) < 4.78 is 37.2. The maximum Gasteiger partial charge on any atom is 0.433 e. The van der Waals surface area contributed by atoms with Crippen LogP contribution in [-0.4, -0.2) is 33.6 Å². The van der Waals surface area contributed by atoms with Crippen molar-refractivity contribution in [3.8, 4) is 0 Å². The Morgan fingerprint density at radius 1 is 1.47 bits per heavy atom. The molecule has 0 aromatic carbocycles. The molecular weight excluding hydrogens is 239 g/mol. The fourth-order valence-electron chi connectivity index (χ4n) is 1.52. The number of aliphatic hydroxyl groups is 1. The molecule has 1 unspecified atom stereocenters. The number of carbonyl (C=O) groups excluding carboxylic acids is 1. The molecular formula is C9H8F3N3O2. The van der Waals surface area contributed by atoms with Crippen LogP contribution >= 0.6 is 0 Å². The molecule has 1 aromatic heterocycles. The highest BCUT2D eigenvalue weighted by atomic mass is 19.4. The SMILES string of the molecule is O=C1CC(O)CN1c1nccc(C(F)(F)F)n1. The predicted octanol–water partition coefficient (Wildman–Crippen LogP) is 0.593. The molecule has 1 amide bonds. The summed E-state index contributed by atoms with van der Waals surface area (Å²) in [4.78, 5) is 19.2. The van der Waals surface area contributed by atoms with Crippen LogP contribution in [0.5, 0.6) is 0 Å². The number of nitrogens with zero attached hydrogens (tertiary/aromatic N) is 3. The number of hydrogen-bond acceptors (Lipinski definition) is 4. The smallest absolute Gasteiger partial charge is 0.391 e. The summed E-state index contributed by atoms with van der Waals surface area (Å²) in [5, 5.41) is 9.22. The Morgan fingerprint density at radius 3 is 2.71 bits per heavy atom. The molecule has 1 aliphatic heterocycles. The molecule has 2 heterocycles. The second-order valence-electron chi connectivity index (χ2n) is 3.60. The van der Waals surface area contributed by atoms with Gasteiger partial charge in [-0.2, -0.15) is 13.2 Å². The van der Waals surface area contributed by atoms with Crippen molar-refractivity contribution in [1.82, 2.24) is 9.97 Å². The molecule has 2 rings (SSSR count). The van der Waals surface area contributed by atoms with Crippen molar-refractivity contribution < 1.29 is 23.1 Å². The van der Waals surface area contributed by atoms with Gasteiger partial charge in [0.15, 0.2) is 0 Å². The standard InChI is InChI=1S/C9H8F3N3O2/c10-9(11,12)6-1-2-13-8(14-6)15-4-5(16)3-7(15)17/h1-2,5,16H,3-4H2. The number of aromatic nitrogens is 2. The molecule has 5 nitrogen and oxygen atoms in total. The lowest BCUT2D eigenvalue weighted by Gasteiger charge is -2.14. The molecule has 1 aliphatic rings. The Balaban J connectivity index is 2.31. The average Bonchev–Trinajstić information content (AvgIpc) is 2.57. The zero-order valence-corrected chi connectivity index (χ0v) is 8.48. The Hall–Kier alpha value is -1.70. The Labute approximate surface area is 93.9 Å². The molecule has 0 radical (unpaired) electrons. The number of anilines is 1. The summed E-state index contributed by atoms with van der Waals surface area (Å²) in [6, 6.07) is 0.723. The quantitative estimate of drug-likeness (QED) is 0.788. The second-order valence-corrected chi connectivity index (χ2v) is 3.60. The van der Waals surface area contributed by atoms with Gasteiger partial charge in [-0.05, 0) is 6.07 Å². The van der Waals surface area contributed by atoms with Crippen LogP contribution in [0.3, 0.4) is 0 Å². The Kier molecular flexibility index (Phi) is 2.74. The Morgan fingerprint density at radius 2 is 2.18 bits per heavy atom. The van der Waals surface area contributed by atoms with Crippen molar-refractivity contribution in [3.63, 3.8) is 0 Å². The fourth-order valence-corrected chi connectivity index (χ4v) is 1.52. The summed E-state index contributed by atoms with van der Waals surface area (Å²) in [5.74, 6) is -0.821. The number of rotatable bonds is 1. The van der Waals surface area contributed by atoms with Gasteiger partial charge in [0.05, 0.1) is 19.1 Å². The summed E-state index contributed by atoms with van der Waals surface area (Å²) in [6.45, 7) is -0.0832. The normalized spacial score (nSPS) is 21.1. The molecule has 8 heteroatoms. The van der Waals surface area contributed by atoms with Gasteiger partial charge in [-0.25, -0.2) is 9.97 Å². The number of β-amino-alcohol motifs (C(OH)–C–C–N with tert-alkyl or cyclic N) is 1. The van der Waals surface area contributed by atoms with E-state index in [1.54, 1.807) is 0 Å². The van der Waals surface area contributed by atoms with E-state index in [-0.39, 0.29) is 18.9 Å². The lowest BCUT2D eigenvalue weighted by Crippen LogP contribution is -2.28. The lowest BCUT2D eigenvalue weighted by atomic mass is 10.3. The van der Waals surface area contributed by atoms with Crippen LogP contribution in [0.25, 0.3) is 0 Å². The van der Waals surface area contributed by atoms with Crippen LogP contribution < -0.4 is 4.90 Å². The van der Waals surface area contributed by atoms with Gasteiger partial charge >= 0.3 is 6.18 Å². The van der Waals surface area contributed by atoms with Crippen molar-refractivity contribution >= 4 is 11.9 Å². The number of carbonyl (C=O) groups is 1. The van der Waals surface area contributed by atoms with Gasteiger partial charge in [-0.3, -0.25) is 9.69 Å². The van der Waals surface area contributed by atoms with Crippen molar-refractivity contribution in [1.29, 1.82) is 0 Å². The minimum absolute atomic E-state index is 0.0832. The van der Waals surface area contributed by atoms with Gasteiger partial charge in [0.25, 0.3) is 0 Å². The number of halogens is 3. The van der Waals surface area contributed by atoms with Gasteiger partial charge < -0.3 is 5.11 Å². The molecule has 0 saturated carbocycles. The van der Waals surface area contributed by atoms with E-state index in [1.807, 2.05) is 0 Å². The lowest BCUT2D eigenvalue weighted by molar-refractivity contribution is -0.141. The van der Waals surface area contributed by atoms with Gasteiger partial charge in [-0.1, -0.05) is 0 Å². The topological polar surface area (TPSA) is 66.3 Å². The summed E-state index contributed by atoms with van der Waals surface area (Å²) in [6.07, 6.45) is -4.66. The number of aliphatic hydroxyl groups excluding tert-OH is 1. The zero-order chi connectivity index (χ0) is 12.6. The van der Waals surface area contributed by atoms with Crippen molar-refractivity contribution in [2.75, 3.05) is 11.4 Å². The first kappa shape index (κ1) is 11.8. The second kappa shape index (κ2) is 3.95. The summed E-state index contributed by atoms with van der Waals surface area (Å²) >= 11 is 0. The van der Waals surface area contributed by atoms with Crippen molar-refractivity contribution in [2.24, 2.45) is 0 Å². The average molecular weight is 247 g/mol. The van der Waals surface area contributed by atoms with E-state index in [4.69, 9.17) is 0 Å². The maximum absolute atomic E-state index is 12.4. The molecule has 0 spiro atoms. The number of alkyl halides is 3. The van der Waals surface area contributed by atoms with Crippen LogP contribution in [-0.2, 0) is 11.0 Å². The van der Waals surface area contributed by atoms with E-state index in [0.717, 1.165) is 17.2 Å². The molecule has 0 aliphatic carbocycles. The molecule has 1 saturated heterocycles. The van der Waals surface area contributed by atoms with Crippen LogP contribution in [0, 0.1) is 0 Å². The van der Waals surface area contributed by atoms with E-state index in [0.29, 0.717) is 0 Å². The molecule has 1 N–H and O–H groups in total. The first-order valence-electron chi connectivity index (χ1n) is 4.76. The van der Waals surface area contributed by atoms with E-state index in [1.165, 1.54) is 0 Å². The zero-order valence-electron chi connectivity index (χ0n) is 8.48. The number of amides is 1. The largest absolute Gasteiger partial charge is 0.433 e. The highest BCUT2D eigenvalue weighted by molar-refractivity contribution is 5.94. The fraction of sp³-hybridized carbons (Fsp3) is 0.444. The molecule has 17 heavy (non-hydrogen) atoms. The molecule has 1 atom stereocenters. The van der Waals surface area contributed by atoms with Crippen molar-refractivity contribution in [2.45, 2.75) is 18.7 Å². The van der Waals surface area contributed by atoms with Crippen molar-refractivity contribution in [3.05, 3.63) is 18.0 Å². The first-order chi connectivity index (χ1) is 7.88. The third kappa shape index (κ3) is 2.36.